The summed E-state index contributed by atoms with van der Waals surface area (Å²) in [6.45, 7) is 2.45. The molecule has 0 spiro atoms. The number of hydrogen-bond acceptors (Lipinski definition) is 6. The van der Waals surface area contributed by atoms with Crippen molar-refractivity contribution in [2.45, 2.75) is 88.5 Å². The van der Waals surface area contributed by atoms with E-state index >= 15 is 0 Å². The number of carbonyl (C=O) groups excluding carboxylic acids is 1. The molecule has 2 aromatic heterocycles. The van der Waals surface area contributed by atoms with Crippen LogP contribution in [0.4, 0.5) is 26.4 Å². The summed E-state index contributed by atoms with van der Waals surface area (Å²) in [6.07, 6.45) is 8.16. The third kappa shape index (κ3) is 4.47. The van der Waals surface area contributed by atoms with Crippen LogP contribution < -0.4 is 10.2 Å². The molecule has 35 heavy (non-hydrogen) atoms. The molecule has 0 aromatic carbocycles. The van der Waals surface area contributed by atoms with Gasteiger partial charge in [-0.3, -0.25) is 9.89 Å². The van der Waals surface area contributed by atoms with Gasteiger partial charge in [0.1, 0.15) is 11.9 Å². The van der Waals surface area contributed by atoms with Crippen LogP contribution >= 0.6 is 0 Å². The summed E-state index contributed by atoms with van der Waals surface area (Å²) in [5.41, 5.74) is 2.85. The first-order chi connectivity index (χ1) is 17.0. The Balaban J connectivity index is 1.24. The lowest BCUT2D eigenvalue weighted by Gasteiger charge is -2.32. The Bertz CT molecular complexity index is 1100. The number of alkyl halides is 2. The number of nitrogens with one attached hydrogen (secondary N) is 2. The monoisotopic (exact) mass is 485 g/mol. The van der Waals surface area contributed by atoms with Crippen molar-refractivity contribution in [1.82, 2.24) is 25.1 Å². The number of aromatic nitrogens is 4. The summed E-state index contributed by atoms with van der Waals surface area (Å²) in [5, 5.41) is 10.6. The summed E-state index contributed by atoms with van der Waals surface area (Å²) in [7, 11) is 0. The van der Waals surface area contributed by atoms with E-state index in [-0.39, 0.29) is 30.7 Å². The van der Waals surface area contributed by atoms with Crippen LogP contribution in [0, 0.1) is 0 Å². The van der Waals surface area contributed by atoms with E-state index in [2.05, 4.69) is 20.4 Å². The van der Waals surface area contributed by atoms with Gasteiger partial charge in [-0.05, 0) is 57.8 Å². The maximum atomic E-state index is 13.7. The summed E-state index contributed by atoms with van der Waals surface area (Å²) >= 11 is 0. The van der Waals surface area contributed by atoms with Crippen molar-refractivity contribution in [3.8, 4) is 0 Å². The molecule has 2 unspecified atom stereocenters. The third-order valence-electron chi connectivity index (χ3n) is 8.07. The number of H-pyrrole nitrogens is 1. The minimum atomic E-state index is -2.59. The summed E-state index contributed by atoms with van der Waals surface area (Å²) in [6, 6.07) is 1.62. The van der Waals surface area contributed by atoms with E-state index in [9.17, 15) is 13.6 Å². The molecule has 2 aromatic rings. The van der Waals surface area contributed by atoms with Crippen molar-refractivity contribution in [2.75, 3.05) is 29.9 Å². The van der Waals surface area contributed by atoms with E-state index < -0.39 is 5.92 Å². The Morgan fingerprint density at radius 2 is 1.91 bits per heavy atom. The zero-order valence-electron chi connectivity index (χ0n) is 20.0. The molecule has 2 atom stereocenters. The highest BCUT2D eigenvalue weighted by Crippen LogP contribution is 2.44. The molecule has 3 fully saturated rings. The van der Waals surface area contributed by atoms with Crippen molar-refractivity contribution < 1.29 is 13.6 Å². The van der Waals surface area contributed by atoms with Crippen LogP contribution in [0.15, 0.2) is 6.07 Å². The van der Waals surface area contributed by atoms with E-state index in [1.165, 1.54) is 6.42 Å². The lowest BCUT2D eigenvalue weighted by molar-refractivity contribution is -0.133. The van der Waals surface area contributed by atoms with Crippen LogP contribution in [0.5, 0.6) is 0 Å². The van der Waals surface area contributed by atoms with Crippen molar-refractivity contribution in [1.29, 1.82) is 0 Å². The van der Waals surface area contributed by atoms with E-state index in [1.807, 2.05) is 11.0 Å². The predicted octanol–water partition coefficient (Wildman–Crippen LogP) is 4.32. The molecule has 188 valence electrons. The second kappa shape index (κ2) is 9.02. The van der Waals surface area contributed by atoms with E-state index in [1.54, 1.807) is 0 Å². The standard InChI is InChI=1S/C25H33F2N7O/c26-25(27)10-9-16(15-25)19-14-21(32-31-19)29-22-17-6-4-7-18(17)28-24(30-22)34-13-5-8-20(34)23(35)33-11-2-1-3-12-33/h14,16,20H,1-13,15H2,(H2,28,29,30,31,32). The molecule has 2 N–H and O–H groups in total. The van der Waals surface area contributed by atoms with Crippen LogP contribution in [0.2, 0.25) is 0 Å². The van der Waals surface area contributed by atoms with Crippen molar-refractivity contribution in [3.63, 3.8) is 0 Å². The molecule has 1 saturated carbocycles. The van der Waals surface area contributed by atoms with Crippen LogP contribution in [-0.2, 0) is 17.6 Å². The minimum absolute atomic E-state index is 0.0740. The second-order valence-corrected chi connectivity index (χ2v) is 10.5. The third-order valence-corrected chi connectivity index (χ3v) is 8.07. The van der Waals surface area contributed by atoms with Gasteiger partial charge in [-0.15, -0.1) is 0 Å². The molecule has 6 rings (SSSR count). The Morgan fingerprint density at radius 1 is 1.06 bits per heavy atom. The number of fused-ring (bicyclic) bond motifs is 1. The van der Waals surface area contributed by atoms with Crippen molar-refractivity contribution >= 4 is 23.5 Å². The van der Waals surface area contributed by atoms with E-state index in [4.69, 9.17) is 9.97 Å². The molecular formula is C25H33F2N7O. The highest BCUT2D eigenvalue weighted by Gasteiger charge is 2.41. The second-order valence-electron chi connectivity index (χ2n) is 10.5. The topological polar surface area (TPSA) is 90.0 Å². The smallest absolute Gasteiger partial charge is 0.248 e. The van der Waals surface area contributed by atoms with Gasteiger partial charge in [0.05, 0.1) is 5.69 Å². The maximum absolute atomic E-state index is 13.7. The maximum Gasteiger partial charge on any atom is 0.248 e. The number of anilines is 3. The average Bonchev–Trinajstić information content (AvgIpc) is 3.65. The number of carbonyl (C=O) groups is 1. The van der Waals surface area contributed by atoms with Crippen molar-refractivity contribution in [3.05, 3.63) is 23.0 Å². The summed E-state index contributed by atoms with van der Waals surface area (Å²) in [4.78, 5) is 27.2. The van der Waals surface area contributed by atoms with E-state index in [0.29, 0.717) is 24.0 Å². The molecule has 4 heterocycles. The molecule has 0 bridgehead atoms. The van der Waals surface area contributed by atoms with Gasteiger partial charge < -0.3 is 15.1 Å². The molecule has 10 heteroatoms. The fraction of sp³-hybridized carbons (Fsp3) is 0.680. The van der Waals surface area contributed by atoms with Gasteiger partial charge in [-0.2, -0.15) is 10.1 Å². The molecule has 0 radical (unpaired) electrons. The van der Waals surface area contributed by atoms with Crippen LogP contribution in [0.3, 0.4) is 0 Å². The van der Waals surface area contributed by atoms with Gasteiger partial charge in [0.25, 0.3) is 0 Å². The Hall–Kier alpha value is -2.78. The lowest BCUT2D eigenvalue weighted by atomic mass is 10.0. The van der Waals surface area contributed by atoms with Crippen LogP contribution in [0.25, 0.3) is 0 Å². The van der Waals surface area contributed by atoms with Gasteiger partial charge in [0.2, 0.25) is 17.8 Å². The Labute approximate surface area is 203 Å². The normalized spacial score (nSPS) is 25.8. The highest BCUT2D eigenvalue weighted by atomic mass is 19.3. The number of nitrogens with zero attached hydrogens (tertiary/aromatic N) is 5. The number of amides is 1. The van der Waals surface area contributed by atoms with Crippen molar-refractivity contribution in [2.24, 2.45) is 0 Å². The van der Waals surface area contributed by atoms with Gasteiger partial charge in [-0.25, -0.2) is 13.8 Å². The Kier molecular flexibility index (Phi) is 5.84. The number of halogens is 2. The fourth-order valence-corrected chi connectivity index (χ4v) is 6.19. The first kappa shape index (κ1) is 22.7. The quantitative estimate of drug-likeness (QED) is 0.656. The van der Waals surface area contributed by atoms with Gasteiger partial charge in [0.15, 0.2) is 5.82 Å². The number of aromatic amines is 1. The number of rotatable bonds is 5. The van der Waals surface area contributed by atoms with Gasteiger partial charge in [-0.1, -0.05) is 0 Å². The first-order valence-electron chi connectivity index (χ1n) is 13.1. The molecule has 8 nitrogen and oxygen atoms in total. The highest BCUT2D eigenvalue weighted by molar-refractivity contribution is 5.85. The molecule has 2 saturated heterocycles. The number of piperidine rings is 1. The largest absolute Gasteiger partial charge is 0.341 e. The molecule has 2 aliphatic heterocycles. The molecule has 1 amide bonds. The van der Waals surface area contributed by atoms with Crippen LogP contribution in [-0.4, -0.2) is 62.6 Å². The van der Waals surface area contributed by atoms with Gasteiger partial charge >= 0.3 is 0 Å². The molecule has 4 aliphatic rings. The number of hydrogen-bond donors (Lipinski definition) is 2. The number of aryl methyl sites for hydroxylation is 1. The SMILES string of the molecule is O=C(C1CCCN1c1nc2c(c(Nc3cc(C4CCC(F)(F)C4)[nH]n3)n1)CCC2)N1CCCCC1. The predicted molar refractivity (Wildman–Crippen MR) is 128 cm³/mol. The van der Waals surface area contributed by atoms with E-state index in [0.717, 1.165) is 81.5 Å². The lowest BCUT2D eigenvalue weighted by Crippen LogP contribution is -2.48. The fourth-order valence-electron chi connectivity index (χ4n) is 6.19. The number of likely N-dealkylation sites (tertiary alicyclic amines) is 1. The molecule has 2 aliphatic carbocycles. The average molecular weight is 486 g/mol. The zero-order valence-corrected chi connectivity index (χ0v) is 20.0. The minimum Gasteiger partial charge on any atom is -0.341 e. The Morgan fingerprint density at radius 3 is 2.71 bits per heavy atom. The molecular weight excluding hydrogens is 452 g/mol. The first-order valence-corrected chi connectivity index (χ1v) is 13.1. The van der Waals surface area contributed by atoms with Crippen LogP contribution in [0.1, 0.15) is 80.7 Å². The van der Waals surface area contributed by atoms with Gasteiger partial charge in [0, 0.05) is 55.7 Å². The zero-order chi connectivity index (χ0) is 24.0. The summed E-state index contributed by atoms with van der Waals surface area (Å²) < 4.78 is 27.4. The summed E-state index contributed by atoms with van der Waals surface area (Å²) in [5.74, 6) is -0.696.